The molecule has 0 fully saturated rings. The van der Waals surface area contributed by atoms with Gasteiger partial charge in [0.25, 0.3) is 0 Å². The van der Waals surface area contributed by atoms with Crippen molar-refractivity contribution in [1.29, 1.82) is 0 Å². The third-order valence-corrected chi connectivity index (χ3v) is 0.962. The van der Waals surface area contributed by atoms with Crippen LogP contribution >= 0.6 is 0 Å². The number of benzene rings is 1. The van der Waals surface area contributed by atoms with Crippen LogP contribution in [0.1, 0.15) is 0 Å². The van der Waals surface area contributed by atoms with E-state index in [0.29, 0.717) is 6.61 Å². The van der Waals surface area contributed by atoms with Crippen molar-refractivity contribution >= 4 is 0 Å². The molecule has 1 aromatic rings. The van der Waals surface area contributed by atoms with Crippen LogP contribution in [0.3, 0.4) is 0 Å². The van der Waals surface area contributed by atoms with Crippen LogP contribution in [0.2, 0.25) is 0 Å². The summed E-state index contributed by atoms with van der Waals surface area (Å²) < 4.78 is 4.44. The summed E-state index contributed by atoms with van der Waals surface area (Å²) in [4.78, 5) is 0. The van der Waals surface area contributed by atoms with Crippen LogP contribution in [0, 0.1) is 0 Å². The van der Waals surface area contributed by atoms with Crippen LogP contribution in [-0.4, -0.2) is 25.4 Å². The van der Waals surface area contributed by atoms with Crippen LogP contribution in [-0.2, 0) is 4.74 Å². The number of aliphatic hydroxyl groups is 1. The Hall–Kier alpha value is -0.860. The van der Waals surface area contributed by atoms with Crippen LogP contribution < -0.4 is 0 Å². The Morgan fingerprint density at radius 2 is 1.36 bits per heavy atom. The molecule has 0 spiro atoms. The maximum atomic E-state index is 7.94. The summed E-state index contributed by atoms with van der Waals surface area (Å²) >= 11 is 0. The number of aliphatic hydroxyl groups excluding tert-OH is 1. The summed E-state index contributed by atoms with van der Waals surface area (Å²) in [7, 11) is 1.55. The van der Waals surface area contributed by atoms with Gasteiger partial charge in [0.1, 0.15) is 0 Å². The highest BCUT2D eigenvalue weighted by atomic mass is 16.5. The molecule has 0 atom stereocenters. The number of hydrogen-bond acceptors (Lipinski definition) is 2. The highest BCUT2D eigenvalue weighted by Gasteiger charge is 1.67. The minimum absolute atomic E-state index is 0.122. The van der Waals surface area contributed by atoms with E-state index in [1.807, 2.05) is 36.4 Å². The van der Waals surface area contributed by atoms with Crippen molar-refractivity contribution in [3.8, 4) is 0 Å². The van der Waals surface area contributed by atoms with Gasteiger partial charge in [0.05, 0.1) is 13.2 Å². The maximum Gasteiger partial charge on any atom is 0.0693 e. The molecule has 0 unspecified atom stereocenters. The second kappa shape index (κ2) is 9.14. The van der Waals surface area contributed by atoms with Gasteiger partial charge in [-0.05, 0) is 0 Å². The van der Waals surface area contributed by atoms with Gasteiger partial charge in [0.15, 0.2) is 0 Å². The lowest BCUT2D eigenvalue weighted by molar-refractivity contribution is 0.135. The molecule has 0 amide bonds. The van der Waals surface area contributed by atoms with Crippen LogP contribution in [0.5, 0.6) is 0 Å². The zero-order valence-electron chi connectivity index (χ0n) is 6.73. The zero-order chi connectivity index (χ0) is 8.36. The van der Waals surface area contributed by atoms with Gasteiger partial charge in [-0.1, -0.05) is 36.4 Å². The molecule has 62 valence electrons. The molecule has 11 heavy (non-hydrogen) atoms. The SMILES string of the molecule is COCCO.c1ccccc1. The monoisotopic (exact) mass is 154 g/mol. The first kappa shape index (κ1) is 10.1. The first-order valence-electron chi connectivity index (χ1n) is 3.51. The van der Waals surface area contributed by atoms with Crippen LogP contribution in [0.25, 0.3) is 0 Å². The van der Waals surface area contributed by atoms with Gasteiger partial charge < -0.3 is 9.84 Å². The lowest BCUT2D eigenvalue weighted by atomic mass is 10.4. The van der Waals surface area contributed by atoms with E-state index >= 15 is 0 Å². The Kier molecular flexibility index (Phi) is 8.43. The summed E-state index contributed by atoms with van der Waals surface area (Å²) in [6.07, 6.45) is 0. The minimum atomic E-state index is 0.122. The molecule has 1 aromatic carbocycles. The highest BCUT2D eigenvalue weighted by molar-refractivity contribution is 4.99. The lowest BCUT2D eigenvalue weighted by Crippen LogP contribution is -1.91. The van der Waals surface area contributed by atoms with Gasteiger partial charge in [0, 0.05) is 7.11 Å². The standard InChI is InChI=1S/C6H6.C3H8O2/c1-2-4-6-5-3-1;1-5-3-2-4/h1-6H;4H,2-3H2,1H3. The predicted octanol–water partition coefficient (Wildman–Crippen LogP) is 1.31. The maximum absolute atomic E-state index is 7.94. The molecule has 0 aromatic heterocycles. The topological polar surface area (TPSA) is 29.5 Å². The summed E-state index contributed by atoms with van der Waals surface area (Å²) in [6.45, 7) is 0.566. The van der Waals surface area contributed by atoms with Gasteiger partial charge in [-0.25, -0.2) is 0 Å². The van der Waals surface area contributed by atoms with E-state index in [1.54, 1.807) is 7.11 Å². The van der Waals surface area contributed by atoms with Gasteiger partial charge in [0.2, 0.25) is 0 Å². The molecule has 0 aliphatic carbocycles. The molecular formula is C9H14O2. The fraction of sp³-hybridized carbons (Fsp3) is 0.333. The van der Waals surface area contributed by atoms with Crippen LogP contribution in [0.4, 0.5) is 0 Å². The third kappa shape index (κ3) is 9.14. The van der Waals surface area contributed by atoms with E-state index in [2.05, 4.69) is 4.74 Å². The van der Waals surface area contributed by atoms with Crippen molar-refractivity contribution in [3.63, 3.8) is 0 Å². The third-order valence-electron chi connectivity index (χ3n) is 0.962. The van der Waals surface area contributed by atoms with Crippen molar-refractivity contribution in [2.24, 2.45) is 0 Å². The fourth-order valence-electron chi connectivity index (χ4n) is 0.476. The number of ether oxygens (including phenoxy) is 1. The summed E-state index contributed by atoms with van der Waals surface area (Å²) in [5.74, 6) is 0. The van der Waals surface area contributed by atoms with E-state index in [1.165, 1.54) is 0 Å². The van der Waals surface area contributed by atoms with E-state index in [-0.39, 0.29) is 6.61 Å². The first-order valence-corrected chi connectivity index (χ1v) is 3.51. The Bertz CT molecular complexity index is 111. The predicted molar refractivity (Wildman–Crippen MR) is 45.4 cm³/mol. The average Bonchev–Trinajstić information content (AvgIpc) is 2.10. The Morgan fingerprint density at radius 1 is 1.00 bits per heavy atom. The van der Waals surface area contributed by atoms with E-state index in [0.717, 1.165) is 0 Å². The van der Waals surface area contributed by atoms with E-state index in [4.69, 9.17) is 5.11 Å². The summed E-state index contributed by atoms with van der Waals surface area (Å²) in [6, 6.07) is 12.0. The van der Waals surface area contributed by atoms with Crippen molar-refractivity contribution in [1.82, 2.24) is 0 Å². The summed E-state index contributed by atoms with van der Waals surface area (Å²) in [5.41, 5.74) is 0. The summed E-state index contributed by atoms with van der Waals surface area (Å²) in [5, 5.41) is 7.94. The Morgan fingerprint density at radius 3 is 1.45 bits per heavy atom. The molecule has 2 nitrogen and oxygen atoms in total. The molecule has 0 aliphatic rings. The van der Waals surface area contributed by atoms with Crippen molar-refractivity contribution in [2.75, 3.05) is 20.3 Å². The van der Waals surface area contributed by atoms with Crippen molar-refractivity contribution in [2.45, 2.75) is 0 Å². The van der Waals surface area contributed by atoms with E-state index in [9.17, 15) is 0 Å². The molecule has 0 radical (unpaired) electrons. The Balaban J connectivity index is 0.000000187. The minimum Gasteiger partial charge on any atom is -0.394 e. The quantitative estimate of drug-likeness (QED) is 0.696. The van der Waals surface area contributed by atoms with Crippen LogP contribution in [0.15, 0.2) is 36.4 Å². The number of methoxy groups -OCH3 is 1. The number of rotatable bonds is 2. The second-order valence-electron chi connectivity index (χ2n) is 1.87. The van der Waals surface area contributed by atoms with Crippen molar-refractivity contribution in [3.05, 3.63) is 36.4 Å². The molecule has 0 saturated heterocycles. The van der Waals surface area contributed by atoms with Crippen molar-refractivity contribution < 1.29 is 9.84 Å². The molecular weight excluding hydrogens is 140 g/mol. The van der Waals surface area contributed by atoms with Gasteiger partial charge in [-0.3, -0.25) is 0 Å². The number of hydrogen-bond donors (Lipinski definition) is 1. The highest BCUT2D eigenvalue weighted by Crippen LogP contribution is 1.79. The van der Waals surface area contributed by atoms with Gasteiger partial charge in [-0.2, -0.15) is 0 Å². The molecule has 0 aliphatic heterocycles. The first-order chi connectivity index (χ1) is 5.41. The zero-order valence-corrected chi connectivity index (χ0v) is 6.73. The molecule has 1 rings (SSSR count). The molecule has 0 heterocycles. The van der Waals surface area contributed by atoms with E-state index < -0.39 is 0 Å². The molecule has 1 N–H and O–H groups in total. The fourth-order valence-corrected chi connectivity index (χ4v) is 0.476. The lowest BCUT2D eigenvalue weighted by Gasteiger charge is -1.84. The second-order valence-corrected chi connectivity index (χ2v) is 1.87. The smallest absolute Gasteiger partial charge is 0.0693 e. The van der Waals surface area contributed by atoms with Gasteiger partial charge >= 0.3 is 0 Å². The average molecular weight is 154 g/mol. The molecule has 0 bridgehead atoms. The molecule has 0 saturated carbocycles. The largest absolute Gasteiger partial charge is 0.394 e. The van der Waals surface area contributed by atoms with Gasteiger partial charge in [-0.15, -0.1) is 0 Å². The molecule has 2 heteroatoms. The Labute approximate surface area is 67.4 Å². The normalized spacial score (nSPS) is 8.18.